The van der Waals surface area contributed by atoms with Crippen LogP contribution in [0, 0.1) is 5.82 Å². The molecule has 0 aliphatic carbocycles. The minimum absolute atomic E-state index is 0.156. The van der Waals surface area contributed by atoms with Crippen molar-refractivity contribution in [2.24, 2.45) is 5.10 Å². The van der Waals surface area contributed by atoms with Crippen molar-refractivity contribution in [1.82, 2.24) is 4.98 Å². The van der Waals surface area contributed by atoms with E-state index in [9.17, 15) is 9.18 Å². The van der Waals surface area contributed by atoms with Crippen molar-refractivity contribution in [1.29, 1.82) is 0 Å². The molecule has 0 spiro atoms. The summed E-state index contributed by atoms with van der Waals surface area (Å²) in [7, 11) is 0. The van der Waals surface area contributed by atoms with Crippen LogP contribution < -0.4 is 5.01 Å². The lowest BCUT2D eigenvalue weighted by Crippen LogP contribution is -2.25. The standard InChI is InChI=1S/C19H11ClFN3O2S/c20-13-6-7-16-17(10-13)27-19(23-16)24(22-11-15-5-2-8-26-15)18(25)12-3-1-4-14(21)9-12/h1-11H/b22-11-. The highest BCUT2D eigenvalue weighted by molar-refractivity contribution is 7.22. The molecule has 5 nitrogen and oxygen atoms in total. The normalized spacial score (nSPS) is 11.3. The molecule has 0 atom stereocenters. The van der Waals surface area contributed by atoms with Crippen molar-refractivity contribution >= 4 is 50.4 Å². The predicted octanol–water partition coefficient (Wildman–Crippen LogP) is 5.36. The molecule has 0 unspecified atom stereocenters. The number of nitrogens with zero attached hydrogens (tertiary/aromatic N) is 3. The van der Waals surface area contributed by atoms with Gasteiger partial charge in [-0.25, -0.2) is 9.37 Å². The number of hydrogen-bond donors (Lipinski definition) is 0. The molecule has 0 bridgehead atoms. The Morgan fingerprint density at radius 1 is 1.22 bits per heavy atom. The van der Waals surface area contributed by atoms with Gasteiger partial charge in [0.25, 0.3) is 5.91 Å². The molecule has 2 aromatic carbocycles. The van der Waals surface area contributed by atoms with E-state index in [2.05, 4.69) is 10.1 Å². The highest BCUT2D eigenvalue weighted by Crippen LogP contribution is 2.31. The Balaban J connectivity index is 1.77. The van der Waals surface area contributed by atoms with Crippen LogP contribution in [0.4, 0.5) is 9.52 Å². The van der Waals surface area contributed by atoms with Gasteiger partial charge in [-0.05, 0) is 48.5 Å². The molecular formula is C19H11ClFN3O2S. The summed E-state index contributed by atoms with van der Waals surface area (Å²) in [4.78, 5) is 17.4. The minimum atomic E-state index is -0.512. The highest BCUT2D eigenvalue weighted by atomic mass is 35.5. The third kappa shape index (κ3) is 3.74. The topological polar surface area (TPSA) is 58.7 Å². The SMILES string of the molecule is O=C(c1cccc(F)c1)N(/N=C\c1ccco1)c1nc2ccc(Cl)cc2s1. The predicted molar refractivity (Wildman–Crippen MR) is 104 cm³/mol. The van der Waals surface area contributed by atoms with Gasteiger partial charge >= 0.3 is 0 Å². The summed E-state index contributed by atoms with van der Waals surface area (Å²) in [6.07, 6.45) is 2.90. The first-order chi connectivity index (χ1) is 13.1. The first kappa shape index (κ1) is 17.4. The summed E-state index contributed by atoms with van der Waals surface area (Å²) in [6.45, 7) is 0. The number of aromatic nitrogens is 1. The summed E-state index contributed by atoms with van der Waals surface area (Å²) in [5.41, 5.74) is 0.841. The van der Waals surface area contributed by atoms with Gasteiger partial charge in [0.2, 0.25) is 5.13 Å². The summed E-state index contributed by atoms with van der Waals surface area (Å²) < 4.78 is 19.6. The van der Waals surface area contributed by atoms with Gasteiger partial charge in [-0.15, -0.1) is 0 Å². The first-order valence-electron chi connectivity index (χ1n) is 7.84. The molecule has 0 radical (unpaired) electrons. The van der Waals surface area contributed by atoms with Crippen molar-refractivity contribution in [3.8, 4) is 0 Å². The van der Waals surface area contributed by atoms with E-state index in [4.69, 9.17) is 16.0 Å². The van der Waals surface area contributed by atoms with Gasteiger partial charge < -0.3 is 4.42 Å². The summed E-state index contributed by atoms with van der Waals surface area (Å²) in [5, 5.41) is 6.25. The molecule has 0 saturated heterocycles. The van der Waals surface area contributed by atoms with Crippen LogP contribution in [-0.4, -0.2) is 17.1 Å². The van der Waals surface area contributed by atoms with E-state index in [-0.39, 0.29) is 5.56 Å². The zero-order valence-corrected chi connectivity index (χ0v) is 15.2. The average Bonchev–Trinajstić information content (AvgIpc) is 3.31. The fourth-order valence-corrected chi connectivity index (χ4v) is 3.59. The number of amides is 1. The van der Waals surface area contributed by atoms with Gasteiger partial charge in [0, 0.05) is 10.6 Å². The van der Waals surface area contributed by atoms with Crippen LogP contribution in [0.5, 0.6) is 0 Å². The number of halogens is 2. The second-order valence-electron chi connectivity index (χ2n) is 5.50. The summed E-state index contributed by atoms with van der Waals surface area (Å²) >= 11 is 7.28. The number of hydrazone groups is 1. The maximum absolute atomic E-state index is 13.6. The van der Waals surface area contributed by atoms with Gasteiger partial charge in [-0.1, -0.05) is 29.0 Å². The lowest BCUT2D eigenvalue weighted by molar-refractivity contribution is 0.0987. The zero-order chi connectivity index (χ0) is 18.8. The van der Waals surface area contributed by atoms with Gasteiger partial charge in [0.1, 0.15) is 11.6 Å². The van der Waals surface area contributed by atoms with Gasteiger partial charge in [0.05, 0.1) is 22.7 Å². The smallest absolute Gasteiger partial charge is 0.280 e. The molecule has 4 aromatic rings. The van der Waals surface area contributed by atoms with Gasteiger partial charge in [0.15, 0.2) is 0 Å². The molecule has 1 amide bonds. The fraction of sp³-hybridized carbons (Fsp3) is 0. The molecule has 134 valence electrons. The molecule has 2 heterocycles. The van der Waals surface area contributed by atoms with E-state index in [0.717, 1.165) is 15.8 Å². The number of fused-ring (bicyclic) bond motifs is 1. The van der Waals surface area contributed by atoms with E-state index in [0.29, 0.717) is 21.4 Å². The van der Waals surface area contributed by atoms with E-state index in [1.54, 1.807) is 30.3 Å². The number of hydrogen-bond acceptors (Lipinski definition) is 5. The Morgan fingerprint density at radius 2 is 2.11 bits per heavy atom. The molecular weight excluding hydrogens is 389 g/mol. The molecule has 27 heavy (non-hydrogen) atoms. The molecule has 0 N–H and O–H groups in total. The molecule has 0 aliphatic heterocycles. The van der Waals surface area contributed by atoms with E-state index in [1.807, 2.05) is 0 Å². The first-order valence-corrected chi connectivity index (χ1v) is 9.03. The molecule has 2 aromatic heterocycles. The lowest BCUT2D eigenvalue weighted by atomic mass is 10.2. The van der Waals surface area contributed by atoms with Crippen LogP contribution in [0.15, 0.2) is 70.4 Å². The number of anilines is 1. The van der Waals surface area contributed by atoms with Crippen LogP contribution in [0.25, 0.3) is 10.2 Å². The van der Waals surface area contributed by atoms with Crippen molar-refractivity contribution in [3.63, 3.8) is 0 Å². The largest absolute Gasteiger partial charge is 0.463 e. The van der Waals surface area contributed by atoms with Gasteiger partial charge in [-0.2, -0.15) is 10.1 Å². The molecule has 0 aliphatic rings. The molecule has 8 heteroatoms. The Kier molecular flexibility index (Phi) is 4.70. The average molecular weight is 400 g/mol. The number of furan rings is 1. The van der Waals surface area contributed by atoms with E-state index >= 15 is 0 Å². The Bertz CT molecular complexity index is 1140. The molecule has 0 fully saturated rings. The Morgan fingerprint density at radius 3 is 2.89 bits per heavy atom. The van der Waals surface area contributed by atoms with Crippen molar-refractivity contribution < 1.29 is 13.6 Å². The zero-order valence-electron chi connectivity index (χ0n) is 13.7. The number of carbonyl (C=O) groups is 1. The number of carbonyl (C=O) groups excluding carboxylic acids is 1. The second kappa shape index (κ2) is 7.30. The number of rotatable bonds is 4. The van der Waals surface area contributed by atoms with Crippen LogP contribution in [-0.2, 0) is 0 Å². The van der Waals surface area contributed by atoms with Crippen molar-refractivity contribution in [2.75, 3.05) is 5.01 Å². The fourth-order valence-electron chi connectivity index (χ4n) is 2.39. The summed E-state index contributed by atoms with van der Waals surface area (Å²) in [6, 6.07) is 14.1. The van der Waals surface area contributed by atoms with Crippen LogP contribution in [0.1, 0.15) is 16.1 Å². The minimum Gasteiger partial charge on any atom is -0.463 e. The van der Waals surface area contributed by atoms with E-state index in [1.165, 1.54) is 42.0 Å². The maximum Gasteiger partial charge on any atom is 0.280 e. The van der Waals surface area contributed by atoms with Crippen LogP contribution >= 0.6 is 22.9 Å². The Hall–Kier alpha value is -3.03. The molecule has 4 rings (SSSR count). The van der Waals surface area contributed by atoms with E-state index < -0.39 is 11.7 Å². The maximum atomic E-state index is 13.6. The Labute approximate surface area is 162 Å². The number of benzene rings is 2. The molecule has 0 saturated carbocycles. The highest BCUT2D eigenvalue weighted by Gasteiger charge is 2.21. The third-order valence-electron chi connectivity index (χ3n) is 3.63. The lowest BCUT2D eigenvalue weighted by Gasteiger charge is -2.13. The van der Waals surface area contributed by atoms with Crippen LogP contribution in [0.3, 0.4) is 0 Å². The monoisotopic (exact) mass is 399 g/mol. The number of thiazole rings is 1. The third-order valence-corrected chi connectivity index (χ3v) is 4.86. The quantitative estimate of drug-likeness (QED) is 0.342. The van der Waals surface area contributed by atoms with Crippen molar-refractivity contribution in [3.05, 3.63) is 83.0 Å². The van der Waals surface area contributed by atoms with Crippen LogP contribution in [0.2, 0.25) is 5.02 Å². The summed E-state index contributed by atoms with van der Waals surface area (Å²) in [5.74, 6) is -0.550. The second-order valence-corrected chi connectivity index (χ2v) is 6.94. The van der Waals surface area contributed by atoms with Gasteiger partial charge in [-0.3, -0.25) is 4.79 Å². The van der Waals surface area contributed by atoms with Crippen molar-refractivity contribution in [2.45, 2.75) is 0 Å².